The van der Waals surface area contributed by atoms with Gasteiger partial charge in [0, 0.05) is 5.56 Å². The van der Waals surface area contributed by atoms with E-state index < -0.39 is 0 Å². The Hall–Kier alpha value is -2.28. The molecule has 0 radical (unpaired) electrons. The van der Waals surface area contributed by atoms with Gasteiger partial charge in [-0.15, -0.1) is 0 Å². The number of amides is 1. The number of hydrazone groups is 1. The summed E-state index contributed by atoms with van der Waals surface area (Å²) in [7, 11) is 10.4. The number of benzene rings is 1. The van der Waals surface area contributed by atoms with Gasteiger partial charge in [-0.3, -0.25) is 4.79 Å². The van der Waals surface area contributed by atoms with Gasteiger partial charge in [-0.05, 0) is 12.1 Å². The van der Waals surface area contributed by atoms with Crippen molar-refractivity contribution < 1.29 is 23.5 Å². The van der Waals surface area contributed by atoms with Gasteiger partial charge in [0.15, 0.2) is 18.0 Å². The number of nitrogens with one attached hydrogen (secondary N) is 1. The lowest BCUT2D eigenvalue weighted by Crippen LogP contribution is -2.43. The van der Waals surface area contributed by atoms with Gasteiger partial charge in [0.1, 0.15) is 0 Å². The highest BCUT2D eigenvalue weighted by Crippen LogP contribution is 2.37. The number of methoxy groups -OCH3 is 3. The highest BCUT2D eigenvalue weighted by molar-refractivity contribution is 5.84. The molecule has 0 aromatic heterocycles. The quantitative estimate of drug-likeness (QED) is 0.461. The summed E-state index contributed by atoms with van der Waals surface area (Å²) in [6.45, 7) is 0.340. The molecule has 0 unspecified atom stereocenters. The van der Waals surface area contributed by atoms with Crippen molar-refractivity contribution in [1.82, 2.24) is 5.43 Å². The van der Waals surface area contributed by atoms with Crippen LogP contribution in [0.25, 0.3) is 0 Å². The molecule has 1 aromatic rings. The van der Waals surface area contributed by atoms with Gasteiger partial charge in [0.2, 0.25) is 5.75 Å². The molecule has 0 spiro atoms. The summed E-state index contributed by atoms with van der Waals surface area (Å²) in [5.41, 5.74) is 3.22. The van der Waals surface area contributed by atoms with E-state index in [0.717, 1.165) is 5.56 Å². The van der Waals surface area contributed by atoms with Gasteiger partial charge in [0.25, 0.3) is 5.91 Å². The normalized spacial score (nSPS) is 11.4. The maximum Gasteiger partial charge on any atom is 0.295 e. The number of carbonyl (C=O) groups excluding carboxylic acids is 1. The smallest absolute Gasteiger partial charge is 0.295 e. The van der Waals surface area contributed by atoms with Crippen molar-refractivity contribution in [1.29, 1.82) is 0 Å². The first-order chi connectivity index (χ1) is 10.3. The molecule has 0 aliphatic rings. The van der Waals surface area contributed by atoms with E-state index in [1.54, 1.807) is 33.5 Å². The molecule has 1 aromatic carbocycles. The zero-order valence-electron chi connectivity index (χ0n) is 14.0. The highest BCUT2D eigenvalue weighted by Gasteiger charge is 2.14. The van der Waals surface area contributed by atoms with E-state index in [0.29, 0.717) is 28.3 Å². The highest BCUT2D eigenvalue weighted by atomic mass is 16.5. The molecule has 1 amide bonds. The lowest BCUT2D eigenvalue weighted by atomic mass is 10.2. The average molecular weight is 310 g/mol. The van der Waals surface area contributed by atoms with Crippen molar-refractivity contribution in [3.8, 4) is 17.2 Å². The minimum atomic E-state index is -0.156. The van der Waals surface area contributed by atoms with Gasteiger partial charge < -0.3 is 18.7 Å². The molecule has 0 saturated heterocycles. The summed E-state index contributed by atoms with van der Waals surface area (Å²) in [6, 6.07) is 3.49. The largest absolute Gasteiger partial charge is 0.493 e. The van der Waals surface area contributed by atoms with Crippen LogP contribution in [0.2, 0.25) is 0 Å². The first-order valence-corrected chi connectivity index (χ1v) is 6.73. The van der Waals surface area contributed by atoms with E-state index in [4.69, 9.17) is 14.2 Å². The number of likely N-dealkylation sites (N-methyl/N-ethyl adjacent to an activating group) is 1. The Morgan fingerprint density at radius 2 is 1.68 bits per heavy atom. The number of rotatable bonds is 7. The predicted molar refractivity (Wildman–Crippen MR) is 84.7 cm³/mol. The Morgan fingerprint density at radius 3 is 2.09 bits per heavy atom. The van der Waals surface area contributed by atoms with Crippen molar-refractivity contribution in [2.24, 2.45) is 5.10 Å². The standard InChI is InChI=1S/C15H23N3O4/c1-18(2,3)10-14(19)17-16-9-11-7-12(20-4)15(22-6)13(8-11)21-5/h7-9H,10H2,1-6H3/p+1. The first-order valence-electron chi connectivity index (χ1n) is 6.73. The SMILES string of the molecule is COc1cc(C=NNC(=O)C[N+](C)(C)C)cc(OC)c1OC. The molecule has 22 heavy (non-hydrogen) atoms. The summed E-state index contributed by atoms with van der Waals surface area (Å²) < 4.78 is 16.3. The van der Waals surface area contributed by atoms with E-state index in [-0.39, 0.29) is 5.91 Å². The van der Waals surface area contributed by atoms with Gasteiger partial charge in [0.05, 0.1) is 48.7 Å². The van der Waals surface area contributed by atoms with Crippen LogP contribution < -0.4 is 19.6 Å². The summed E-state index contributed by atoms with van der Waals surface area (Å²) in [6.07, 6.45) is 1.53. The maximum absolute atomic E-state index is 11.7. The molecule has 0 aliphatic heterocycles. The molecule has 0 heterocycles. The summed E-state index contributed by atoms with van der Waals surface area (Å²) in [4.78, 5) is 11.7. The fraction of sp³-hybridized carbons (Fsp3) is 0.467. The predicted octanol–water partition coefficient (Wildman–Crippen LogP) is 0.869. The van der Waals surface area contributed by atoms with Crippen LogP contribution in [0.15, 0.2) is 17.2 Å². The molecule has 1 N–H and O–H groups in total. The molecule has 1 rings (SSSR count). The number of quaternary nitrogens is 1. The lowest BCUT2D eigenvalue weighted by Gasteiger charge is -2.22. The number of ether oxygens (including phenoxy) is 3. The third-order valence-electron chi connectivity index (χ3n) is 2.71. The van der Waals surface area contributed by atoms with Crippen LogP contribution in [0.5, 0.6) is 17.2 Å². The Kier molecular flexibility index (Phi) is 6.18. The van der Waals surface area contributed by atoms with Crippen LogP contribution in [0.1, 0.15) is 5.56 Å². The maximum atomic E-state index is 11.7. The molecule has 7 nitrogen and oxygen atoms in total. The van der Waals surface area contributed by atoms with Gasteiger partial charge >= 0.3 is 0 Å². The zero-order valence-corrected chi connectivity index (χ0v) is 14.0. The van der Waals surface area contributed by atoms with Crippen LogP contribution in [0, 0.1) is 0 Å². The Labute approximate surface area is 131 Å². The van der Waals surface area contributed by atoms with Crippen molar-refractivity contribution in [3.05, 3.63) is 17.7 Å². The third kappa shape index (κ3) is 5.25. The summed E-state index contributed by atoms with van der Waals surface area (Å²) >= 11 is 0. The minimum absolute atomic E-state index is 0.156. The molecule has 0 bridgehead atoms. The lowest BCUT2D eigenvalue weighted by molar-refractivity contribution is -0.862. The Bertz CT molecular complexity index is 525. The summed E-state index contributed by atoms with van der Waals surface area (Å²) in [5, 5.41) is 3.95. The molecule has 122 valence electrons. The van der Waals surface area contributed by atoms with Crippen molar-refractivity contribution in [2.45, 2.75) is 0 Å². The van der Waals surface area contributed by atoms with Crippen molar-refractivity contribution in [2.75, 3.05) is 49.0 Å². The molecule has 0 aliphatic carbocycles. The Morgan fingerprint density at radius 1 is 1.14 bits per heavy atom. The van der Waals surface area contributed by atoms with Crippen molar-refractivity contribution in [3.63, 3.8) is 0 Å². The van der Waals surface area contributed by atoms with Gasteiger partial charge in [-0.2, -0.15) is 5.10 Å². The average Bonchev–Trinajstić information content (AvgIpc) is 2.44. The van der Waals surface area contributed by atoms with E-state index in [1.807, 2.05) is 21.1 Å². The zero-order chi connectivity index (χ0) is 16.8. The van der Waals surface area contributed by atoms with E-state index in [1.165, 1.54) is 6.21 Å². The molecule has 0 atom stereocenters. The van der Waals surface area contributed by atoms with Crippen molar-refractivity contribution >= 4 is 12.1 Å². The topological polar surface area (TPSA) is 69.2 Å². The number of hydrogen-bond donors (Lipinski definition) is 1. The van der Waals surface area contributed by atoms with Crippen LogP contribution >= 0.6 is 0 Å². The number of carbonyl (C=O) groups is 1. The van der Waals surface area contributed by atoms with Gasteiger partial charge in [-0.25, -0.2) is 5.43 Å². The molecule has 0 fully saturated rings. The molecular weight excluding hydrogens is 286 g/mol. The fourth-order valence-electron chi connectivity index (χ4n) is 1.82. The van der Waals surface area contributed by atoms with E-state index in [9.17, 15) is 4.79 Å². The van der Waals surface area contributed by atoms with E-state index in [2.05, 4.69) is 10.5 Å². The monoisotopic (exact) mass is 310 g/mol. The van der Waals surface area contributed by atoms with Crippen LogP contribution in [0.3, 0.4) is 0 Å². The second-order valence-corrected chi connectivity index (χ2v) is 5.70. The molecule has 7 heteroatoms. The van der Waals surface area contributed by atoms with E-state index >= 15 is 0 Å². The second-order valence-electron chi connectivity index (χ2n) is 5.70. The third-order valence-corrected chi connectivity index (χ3v) is 2.71. The first kappa shape index (κ1) is 17.8. The van der Waals surface area contributed by atoms with Crippen LogP contribution in [-0.2, 0) is 4.79 Å². The summed E-state index contributed by atoms with van der Waals surface area (Å²) in [5.74, 6) is 1.41. The van der Waals surface area contributed by atoms with Crippen LogP contribution in [0.4, 0.5) is 0 Å². The Balaban J connectivity index is 2.85. The minimum Gasteiger partial charge on any atom is -0.493 e. The second kappa shape index (κ2) is 7.65. The van der Waals surface area contributed by atoms with Gasteiger partial charge in [-0.1, -0.05) is 0 Å². The number of nitrogens with zero attached hydrogens (tertiary/aromatic N) is 2. The fourth-order valence-corrected chi connectivity index (χ4v) is 1.82. The van der Waals surface area contributed by atoms with Crippen LogP contribution in [-0.4, -0.2) is 65.6 Å². The number of hydrogen-bond acceptors (Lipinski definition) is 5. The molecular formula is C15H24N3O4+. The molecule has 0 saturated carbocycles.